The maximum atomic E-state index is 12.5. The van der Waals surface area contributed by atoms with Crippen LogP contribution in [0.2, 0.25) is 0 Å². The van der Waals surface area contributed by atoms with E-state index in [9.17, 15) is 13.2 Å². The molecule has 0 atom stereocenters. The highest BCUT2D eigenvalue weighted by atomic mass is 32.2. The zero-order chi connectivity index (χ0) is 22.3. The minimum absolute atomic E-state index is 0.144. The Morgan fingerprint density at radius 3 is 2.48 bits per heavy atom. The number of nitrogens with one attached hydrogen (secondary N) is 2. The molecule has 0 fully saturated rings. The Morgan fingerprint density at radius 2 is 1.87 bits per heavy atom. The first kappa shape index (κ1) is 22.3. The van der Waals surface area contributed by atoms with E-state index < -0.39 is 10.0 Å². The molecule has 0 spiro atoms. The zero-order valence-corrected chi connectivity index (χ0v) is 17.9. The first-order chi connectivity index (χ1) is 14.9. The van der Waals surface area contributed by atoms with Crippen LogP contribution in [-0.4, -0.2) is 30.4 Å². The molecule has 3 aromatic rings. The lowest BCUT2D eigenvalue weighted by Crippen LogP contribution is -2.25. The van der Waals surface area contributed by atoms with Gasteiger partial charge in [-0.3, -0.25) is 4.79 Å². The number of amides is 1. The fraction of sp³-hybridized carbons (Fsp3) is 0.182. The van der Waals surface area contributed by atoms with Gasteiger partial charge in [-0.25, -0.2) is 18.1 Å². The van der Waals surface area contributed by atoms with Gasteiger partial charge in [-0.1, -0.05) is 18.2 Å². The maximum Gasteiger partial charge on any atom is 0.255 e. The topological polar surface area (TPSA) is 102 Å². The number of ether oxygens (including phenoxy) is 1. The molecule has 0 aliphatic heterocycles. The van der Waals surface area contributed by atoms with Gasteiger partial charge in [-0.15, -0.1) is 6.58 Å². The first-order valence-corrected chi connectivity index (χ1v) is 11.2. The minimum atomic E-state index is -3.43. The molecular weight excluding hydrogens is 416 g/mol. The number of aryl methyl sites for hydroxylation is 1. The van der Waals surface area contributed by atoms with Gasteiger partial charge in [0, 0.05) is 37.2 Å². The summed E-state index contributed by atoms with van der Waals surface area (Å²) in [4.78, 5) is 16.7. The Kier molecular flexibility index (Phi) is 7.22. The SMILES string of the molecule is C=CCNS(=O)(=O)Cc1ccc(NC(=O)c2ccc(OCc3nccn3C)cc2)cc1. The number of hydrogen-bond donors (Lipinski definition) is 2. The van der Waals surface area contributed by atoms with Gasteiger partial charge in [0.25, 0.3) is 5.91 Å². The summed E-state index contributed by atoms with van der Waals surface area (Å²) in [5.41, 5.74) is 1.66. The molecule has 1 heterocycles. The predicted octanol–water partition coefficient (Wildman–Crippen LogP) is 2.86. The fourth-order valence-corrected chi connectivity index (χ4v) is 3.84. The van der Waals surface area contributed by atoms with Gasteiger partial charge < -0.3 is 14.6 Å². The van der Waals surface area contributed by atoms with Gasteiger partial charge in [0.05, 0.1) is 5.75 Å². The fourth-order valence-electron chi connectivity index (χ4n) is 2.73. The lowest BCUT2D eigenvalue weighted by molar-refractivity contribution is 0.102. The van der Waals surface area contributed by atoms with E-state index in [1.54, 1.807) is 54.7 Å². The molecule has 0 radical (unpaired) electrons. The van der Waals surface area contributed by atoms with Crippen LogP contribution in [0.1, 0.15) is 21.7 Å². The van der Waals surface area contributed by atoms with Crippen molar-refractivity contribution < 1.29 is 17.9 Å². The summed E-state index contributed by atoms with van der Waals surface area (Å²) in [5, 5.41) is 2.79. The lowest BCUT2D eigenvalue weighted by atomic mass is 10.2. The maximum absolute atomic E-state index is 12.5. The van der Waals surface area contributed by atoms with E-state index >= 15 is 0 Å². The van der Waals surface area contributed by atoms with Gasteiger partial charge >= 0.3 is 0 Å². The molecule has 1 aromatic heterocycles. The van der Waals surface area contributed by atoms with Crippen LogP contribution in [-0.2, 0) is 29.4 Å². The van der Waals surface area contributed by atoms with Crippen molar-refractivity contribution in [2.75, 3.05) is 11.9 Å². The van der Waals surface area contributed by atoms with E-state index in [-0.39, 0.29) is 18.2 Å². The number of hydrogen-bond acceptors (Lipinski definition) is 5. The van der Waals surface area contributed by atoms with Gasteiger partial charge in [0.1, 0.15) is 18.2 Å². The summed E-state index contributed by atoms with van der Waals surface area (Å²) in [6.45, 7) is 4.00. The van der Waals surface area contributed by atoms with Crippen LogP contribution in [0, 0.1) is 0 Å². The Balaban J connectivity index is 1.54. The van der Waals surface area contributed by atoms with Crippen LogP contribution in [0.25, 0.3) is 0 Å². The number of aromatic nitrogens is 2. The number of imidazole rings is 1. The number of carbonyl (C=O) groups excluding carboxylic acids is 1. The van der Waals surface area contributed by atoms with Crippen LogP contribution in [0.5, 0.6) is 5.75 Å². The second kappa shape index (κ2) is 10.1. The van der Waals surface area contributed by atoms with E-state index in [1.807, 2.05) is 17.8 Å². The Hall–Kier alpha value is -3.43. The summed E-state index contributed by atoms with van der Waals surface area (Å²) in [7, 11) is -1.53. The van der Waals surface area contributed by atoms with E-state index in [2.05, 4.69) is 21.6 Å². The second-order valence-corrected chi connectivity index (χ2v) is 8.62. The molecule has 8 nitrogen and oxygen atoms in total. The molecule has 0 saturated heterocycles. The van der Waals surface area contributed by atoms with Gasteiger partial charge in [0.15, 0.2) is 0 Å². The van der Waals surface area contributed by atoms with E-state index in [1.165, 1.54) is 6.08 Å². The van der Waals surface area contributed by atoms with Gasteiger partial charge in [-0.05, 0) is 42.0 Å². The van der Waals surface area contributed by atoms with Crippen molar-refractivity contribution in [2.24, 2.45) is 7.05 Å². The number of carbonyl (C=O) groups is 1. The van der Waals surface area contributed by atoms with Crippen molar-refractivity contribution in [3.63, 3.8) is 0 Å². The highest BCUT2D eigenvalue weighted by Gasteiger charge is 2.11. The van der Waals surface area contributed by atoms with Crippen molar-refractivity contribution in [3.05, 3.63) is 90.5 Å². The quantitative estimate of drug-likeness (QED) is 0.472. The number of nitrogens with zero attached hydrogens (tertiary/aromatic N) is 2. The highest BCUT2D eigenvalue weighted by molar-refractivity contribution is 7.88. The average molecular weight is 441 g/mol. The van der Waals surface area contributed by atoms with E-state index in [0.29, 0.717) is 29.2 Å². The largest absolute Gasteiger partial charge is 0.486 e. The molecule has 0 unspecified atom stereocenters. The van der Waals surface area contributed by atoms with E-state index in [4.69, 9.17) is 4.74 Å². The number of sulfonamides is 1. The highest BCUT2D eigenvalue weighted by Crippen LogP contribution is 2.16. The van der Waals surface area contributed by atoms with Crippen LogP contribution in [0.3, 0.4) is 0 Å². The molecule has 0 aliphatic rings. The molecule has 162 valence electrons. The molecule has 31 heavy (non-hydrogen) atoms. The monoisotopic (exact) mass is 440 g/mol. The predicted molar refractivity (Wildman–Crippen MR) is 119 cm³/mol. The molecule has 3 rings (SSSR count). The van der Waals surface area contributed by atoms with Gasteiger partial charge in [0.2, 0.25) is 10.0 Å². The summed E-state index contributed by atoms with van der Waals surface area (Å²) in [6, 6.07) is 13.5. The van der Waals surface area contributed by atoms with Crippen LogP contribution >= 0.6 is 0 Å². The Morgan fingerprint density at radius 1 is 1.16 bits per heavy atom. The second-order valence-electron chi connectivity index (χ2n) is 6.81. The normalized spacial score (nSPS) is 11.1. The molecule has 0 saturated carbocycles. The average Bonchev–Trinajstić information content (AvgIpc) is 3.17. The zero-order valence-electron chi connectivity index (χ0n) is 17.1. The van der Waals surface area contributed by atoms with E-state index in [0.717, 1.165) is 5.82 Å². The molecule has 2 aromatic carbocycles. The number of anilines is 1. The van der Waals surface area contributed by atoms with Crippen molar-refractivity contribution >= 4 is 21.6 Å². The smallest absolute Gasteiger partial charge is 0.255 e. The Labute approximate surface area is 181 Å². The molecule has 0 bridgehead atoms. The van der Waals surface area contributed by atoms with Crippen LogP contribution < -0.4 is 14.8 Å². The van der Waals surface area contributed by atoms with Crippen molar-refractivity contribution in [1.29, 1.82) is 0 Å². The summed E-state index contributed by atoms with van der Waals surface area (Å²) < 4.78 is 33.8. The number of benzene rings is 2. The third-order valence-electron chi connectivity index (χ3n) is 4.42. The van der Waals surface area contributed by atoms with Crippen molar-refractivity contribution in [1.82, 2.24) is 14.3 Å². The summed E-state index contributed by atoms with van der Waals surface area (Å²) >= 11 is 0. The number of rotatable bonds is 10. The van der Waals surface area contributed by atoms with Crippen LogP contribution in [0.15, 0.2) is 73.6 Å². The minimum Gasteiger partial charge on any atom is -0.486 e. The third kappa shape index (κ3) is 6.53. The van der Waals surface area contributed by atoms with Crippen molar-refractivity contribution in [3.8, 4) is 5.75 Å². The van der Waals surface area contributed by atoms with Crippen LogP contribution in [0.4, 0.5) is 5.69 Å². The summed E-state index contributed by atoms with van der Waals surface area (Å²) in [5.74, 6) is 1.02. The lowest BCUT2D eigenvalue weighted by Gasteiger charge is -2.09. The molecule has 0 aliphatic carbocycles. The standard InChI is InChI=1S/C22H24N4O4S/c1-3-12-24-31(28,29)16-17-4-8-19(9-5-17)25-22(27)18-6-10-20(11-7-18)30-15-21-23-13-14-26(21)2/h3-11,13-14,24H,1,12,15-16H2,2H3,(H,25,27). The molecular formula is C22H24N4O4S. The molecule has 2 N–H and O–H groups in total. The molecule has 1 amide bonds. The van der Waals surface area contributed by atoms with Crippen molar-refractivity contribution in [2.45, 2.75) is 12.4 Å². The molecule has 9 heteroatoms. The third-order valence-corrected chi connectivity index (χ3v) is 5.74. The Bertz CT molecular complexity index is 1140. The first-order valence-electron chi connectivity index (χ1n) is 9.54. The summed E-state index contributed by atoms with van der Waals surface area (Å²) in [6.07, 6.45) is 5.03. The van der Waals surface area contributed by atoms with Gasteiger partial charge in [-0.2, -0.15) is 0 Å².